The molecule has 0 spiro atoms. The van der Waals surface area contributed by atoms with Crippen molar-refractivity contribution >= 4 is 5.91 Å². The Morgan fingerprint density at radius 1 is 1.47 bits per heavy atom. The Balaban J connectivity index is 1.89. The number of carbonyl (C=O) groups excluding carboxylic acids is 1. The molecule has 2 atom stereocenters. The first-order valence-corrected chi connectivity index (χ1v) is 6.87. The van der Waals surface area contributed by atoms with E-state index in [0.717, 1.165) is 26.1 Å². The summed E-state index contributed by atoms with van der Waals surface area (Å²) in [5.41, 5.74) is 0.283. The SMILES string of the molecule is CC(C)C1(C(=O)NCC2CC2(C)C)CCNC1. The lowest BCUT2D eigenvalue weighted by atomic mass is 9.75. The van der Waals surface area contributed by atoms with Gasteiger partial charge >= 0.3 is 0 Å². The third kappa shape index (κ3) is 2.35. The Morgan fingerprint density at radius 2 is 2.12 bits per heavy atom. The van der Waals surface area contributed by atoms with E-state index in [1.54, 1.807) is 0 Å². The van der Waals surface area contributed by atoms with Crippen LogP contribution in [0.25, 0.3) is 0 Å². The molecule has 0 radical (unpaired) electrons. The molecule has 0 aromatic carbocycles. The monoisotopic (exact) mass is 238 g/mol. The van der Waals surface area contributed by atoms with Gasteiger partial charge in [0.05, 0.1) is 5.41 Å². The van der Waals surface area contributed by atoms with Gasteiger partial charge in [-0.3, -0.25) is 4.79 Å². The molecular weight excluding hydrogens is 212 g/mol. The minimum Gasteiger partial charge on any atom is -0.355 e. The Kier molecular flexibility index (Phi) is 3.23. The third-order valence-electron chi connectivity index (χ3n) is 4.97. The first-order valence-electron chi connectivity index (χ1n) is 6.87. The summed E-state index contributed by atoms with van der Waals surface area (Å²) in [6, 6.07) is 0. The van der Waals surface area contributed by atoms with E-state index in [2.05, 4.69) is 38.3 Å². The summed E-state index contributed by atoms with van der Waals surface area (Å²) in [6.07, 6.45) is 2.23. The lowest BCUT2D eigenvalue weighted by molar-refractivity contribution is -0.132. The molecule has 3 heteroatoms. The minimum atomic E-state index is -0.168. The van der Waals surface area contributed by atoms with Crippen LogP contribution in [0.2, 0.25) is 0 Å². The van der Waals surface area contributed by atoms with Crippen molar-refractivity contribution in [2.45, 2.75) is 40.5 Å². The van der Waals surface area contributed by atoms with Crippen molar-refractivity contribution in [3.8, 4) is 0 Å². The van der Waals surface area contributed by atoms with E-state index in [-0.39, 0.29) is 11.3 Å². The van der Waals surface area contributed by atoms with Gasteiger partial charge in [-0.05, 0) is 36.6 Å². The summed E-state index contributed by atoms with van der Waals surface area (Å²) in [6.45, 7) is 11.5. The van der Waals surface area contributed by atoms with Crippen LogP contribution in [0.1, 0.15) is 40.5 Å². The molecule has 17 heavy (non-hydrogen) atoms. The molecule has 0 aromatic rings. The highest BCUT2D eigenvalue weighted by atomic mass is 16.2. The van der Waals surface area contributed by atoms with E-state index in [1.807, 2.05) is 0 Å². The van der Waals surface area contributed by atoms with Crippen molar-refractivity contribution < 1.29 is 4.79 Å². The summed E-state index contributed by atoms with van der Waals surface area (Å²) in [7, 11) is 0. The van der Waals surface area contributed by atoms with Crippen molar-refractivity contribution in [1.29, 1.82) is 0 Å². The molecule has 0 bridgehead atoms. The van der Waals surface area contributed by atoms with Gasteiger partial charge in [-0.15, -0.1) is 0 Å². The number of rotatable bonds is 4. The average Bonchev–Trinajstić information content (AvgIpc) is 2.69. The fourth-order valence-electron chi connectivity index (χ4n) is 2.98. The van der Waals surface area contributed by atoms with Crippen LogP contribution in [0.5, 0.6) is 0 Å². The van der Waals surface area contributed by atoms with Crippen LogP contribution in [0.4, 0.5) is 0 Å². The normalized spacial score (nSPS) is 35.0. The summed E-state index contributed by atoms with van der Waals surface area (Å²) < 4.78 is 0. The molecule has 2 N–H and O–H groups in total. The Labute approximate surface area is 105 Å². The van der Waals surface area contributed by atoms with Gasteiger partial charge in [0.1, 0.15) is 0 Å². The number of nitrogens with one attached hydrogen (secondary N) is 2. The highest BCUT2D eigenvalue weighted by Crippen LogP contribution is 2.51. The van der Waals surface area contributed by atoms with Crippen LogP contribution in [0.15, 0.2) is 0 Å². The van der Waals surface area contributed by atoms with Crippen LogP contribution in [0.3, 0.4) is 0 Å². The second kappa shape index (κ2) is 4.27. The smallest absolute Gasteiger partial charge is 0.227 e. The van der Waals surface area contributed by atoms with E-state index >= 15 is 0 Å². The molecule has 2 unspecified atom stereocenters. The highest BCUT2D eigenvalue weighted by molar-refractivity contribution is 5.83. The zero-order chi connectivity index (χ0) is 12.7. The molecule has 98 valence electrons. The molecule has 1 amide bonds. The van der Waals surface area contributed by atoms with E-state index in [0.29, 0.717) is 17.3 Å². The van der Waals surface area contributed by atoms with E-state index in [4.69, 9.17) is 0 Å². The maximum Gasteiger partial charge on any atom is 0.227 e. The predicted molar refractivity (Wildman–Crippen MR) is 69.7 cm³/mol. The van der Waals surface area contributed by atoms with Crippen molar-refractivity contribution in [3.63, 3.8) is 0 Å². The van der Waals surface area contributed by atoms with E-state index in [9.17, 15) is 4.79 Å². The van der Waals surface area contributed by atoms with Crippen molar-refractivity contribution in [1.82, 2.24) is 10.6 Å². The summed E-state index contributed by atoms with van der Waals surface area (Å²) >= 11 is 0. The van der Waals surface area contributed by atoms with Gasteiger partial charge in [0.2, 0.25) is 5.91 Å². The standard InChI is InChI=1S/C14H26N2O/c1-10(2)14(5-6-15-9-14)12(17)16-8-11-7-13(11,3)4/h10-11,15H,5-9H2,1-4H3,(H,16,17). The van der Waals surface area contributed by atoms with Crippen LogP contribution in [-0.4, -0.2) is 25.5 Å². The first-order chi connectivity index (χ1) is 7.88. The molecule has 1 heterocycles. The molecule has 2 fully saturated rings. The second-order valence-corrected chi connectivity index (χ2v) is 6.84. The Hall–Kier alpha value is -0.570. The van der Waals surface area contributed by atoms with Crippen LogP contribution in [0, 0.1) is 22.7 Å². The van der Waals surface area contributed by atoms with Gasteiger partial charge in [-0.2, -0.15) is 0 Å². The van der Waals surface area contributed by atoms with Gasteiger partial charge < -0.3 is 10.6 Å². The molecular formula is C14H26N2O. The summed E-state index contributed by atoms with van der Waals surface area (Å²) in [4.78, 5) is 12.4. The predicted octanol–water partition coefficient (Wildman–Crippen LogP) is 1.78. The summed E-state index contributed by atoms with van der Waals surface area (Å²) in [5, 5.41) is 6.52. The zero-order valence-electron chi connectivity index (χ0n) is 11.6. The lowest BCUT2D eigenvalue weighted by Crippen LogP contribution is -2.46. The number of hydrogen-bond donors (Lipinski definition) is 2. The third-order valence-corrected chi connectivity index (χ3v) is 4.97. The van der Waals surface area contributed by atoms with E-state index in [1.165, 1.54) is 6.42 Å². The summed E-state index contributed by atoms with van der Waals surface area (Å²) in [5.74, 6) is 1.36. The van der Waals surface area contributed by atoms with Gasteiger partial charge in [-0.1, -0.05) is 27.7 Å². The molecule has 2 aliphatic rings. The van der Waals surface area contributed by atoms with Crippen LogP contribution >= 0.6 is 0 Å². The van der Waals surface area contributed by atoms with Crippen molar-refractivity contribution in [2.75, 3.05) is 19.6 Å². The van der Waals surface area contributed by atoms with Gasteiger partial charge in [0.15, 0.2) is 0 Å². The largest absolute Gasteiger partial charge is 0.355 e. The van der Waals surface area contributed by atoms with Crippen molar-refractivity contribution in [2.24, 2.45) is 22.7 Å². The van der Waals surface area contributed by atoms with Crippen LogP contribution in [-0.2, 0) is 4.79 Å². The fourth-order valence-corrected chi connectivity index (χ4v) is 2.98. The number of amides is 1. The number of carbonyl (C=O) groups is 1. The second-order valence-electron chi connectivity index (χ2n) is 6.84. The molecule has 1 saturated carbocycles. The van der Waals surface area contributed by atoms with Crippen molar-refractivity contribution in [3.05, 3.63) is 0 Å². The topological polar surface area (TPSA) is 41.1 Å². The minimum absolute atomic E-state index is 0.168. The molecule has 2 rings (SSSR count). The highest BCUT2D eigenvalue weighted by Gasteiger charge is 2.47. The zero-order valence-corrected chi connectivity index (χ0v) is 11.6. The van der Waals surface area contributed by atoms with Gasteiger partial charge in [0.25, 0.3) is 0 Å². The molecule has 3 nitrogen and oxygen atoms in total. The fraction of sp³-hybridized carbons (Fsp3) is 0.929. The van der Waals surface area contributed by atoms with Crippen LogP contribution < -0.4 is 10.6 Å². The first kappa shape index (κ1) is 12.9. The average molecular weight is 238 g/mol. The molecule has 0 aromatic heterocycles. The van der Waals surface area contributed by atoms with E-state index < -0.39 is 0 Å². The molecule has 1 saturated heterocycles. The van der Waals surface area contributed by atoms with Gasteiger partial charge in [0, 0.05) is 13.1 Å². The number of hydrogen-bond acceptors (Lipinski definition) is 2. The molecule has 1 aliphatic heterocycles. The maximum absolute atomic E-state index is 12.4. The lowest BCUT2D eigenvalue weighted by Gasteiger charge is -2.31. The quantitative estimate of drug-likeness (QED) is 0.784. The Morgan fingerprint density at radius 3 is 2.53 bits per heavy atom. The van der Waals surface area contributed by atoms with Gasteiger partial charge in [-0.25, -0.2) is 0 Å². The molecule has 1 aliphatic carbocycles. The maximum atomic E-state index is 12.4. The Bertz CT molecular complexity index is 303.